The van der Waals surface area contributed by atoms with Gasteiger partial charge in [-0.05, 0) is 59.8 Å². The summed E-state index contributed by atoms with van der Waals surface area (Å²) in [5, 5.41) is 6.98. The molecule has 90 valence electrons. The first-order valence-electron chi connectivity index (χ1n) is 6.34. The molecular formula is C12H27N3. The van der Waals surface area contributed by atoms with E-state index in [1.54, 1.807) is 0 Å². The Morgan fingerprint density at radius 2 is 2.20 bits per heavy atom. The van der Waals surface area contributed by atoms with Crippen LogP contribution in [0.5, 0.6) is 0 Å². The van der Waals surface area contributed by atoms with Gasteiger partial charge in [-0.25, -0.2) is 0 Å². The summed E-state index contributed by atoms with van der Waals surface area (Å²) in [6.45, 7) is 9.26. The summed E-state index contributed by atoms with van der Waals surface area (Å²) < 4.78 is 0. The lowest BCUT2D eigenvalue weighted by Crippen LogP contribution is -2.32. The lowest BCUT2D eigenvalue weighted by molar-refractivity contribution is 0.267. The SMILES string of the molecule is CC(C)N(C)CCCCNC1CCNC1. The minimum absolute atomic E-state index is 0.678. The van der Waals surface area contributed by atoms with E-state index in [2.05, 4.69) is 36.4 Å². The van der Waals surface area contributed by atoms with E-state index in [0.29, 0.717) is 6.04 Å². The van der Waals surface area contributed by atoms with Gasteiger partial charge in [0, 0.05) is 18.6 Å². The highest BCUT2D eigenvalue weighted by Gasteiger charge is 2.12. The molecule has 1 heterocycles. The average molecular weight is 213 g/mol. The van der Waals surface area contributed by atoms with E-state index in [0.717, 1.165) is 12.6 Å². The molecule has 15 heavy (non-hydrogen) atoms. The minimum Gasteiger partial charge on any atom is -0.315 e. The lowest BCUT2D eigenvalue weighted by Gasteiger charge is -2.20. The van der Waals surface area contributed by atoms with Crippen LogP contribution < -0.4 is 10.6 Å². The van der Waals surface area contributed by atoms with E-state index in [1.165, 1.54) is 38.9 Å². The summed E-state index contributed by atoms with van der Waals surface area (Å²) in [7, 11) is 2.21. The van der Waals surface area contributed by atoms with E-state index in [9.17, 15) is 0 Å². The Hall–Kier alpha value is -0.120. The molecule has 0 aliphatic carbocycles. The molecule has 1 aliphatic rings. The van der Waals surface area contributed by atoms with Crippen molar-refractivity contribution in [2.45, 2.75) is 45.2 Å². The van der Waals surface area contributed by atoms with Gasteiger partial charge in [0.05, 0.1) is 0 Å². The maximum atomic E-state index is 3.60. The quantitative estimate of drug-likeness (QED) is 0.619. The third-order valence-electron chi connectivity index (χ3n) is 3.31. The number of rotatable bonds is 7. The van der Waals surface area contributed by atoms with Gasteiger partial charge >= 0.3 is 0 Å². The van der Waals surface area contributed by atoms with Crippen LogP contribution in [-0.4, -0.2) is 50.2 Å². The maximum Gasteiger partial charge on any atom is 0.0204 e. The molecule has 1 saturated heterocycles. The second kappa shape index (κ2) is 7.20. The van der Waals surface area contributed by atoms with Crippen LogP contribution in [0, 0.1) is 0 Å². The van der Waals surface area contributed by atoms with Gasteiger partial charge in [0.1, 0.15) is 0 Å². The van der Waals surface area contributed by atoms with Crippen molar-refractivity contribution in [2.24, 2.45) is 0 Å². The van der Waals surface area contributed by atoms with Gasteiger partial charge in [0.15, 0.2) is 0 Å². The molecule has 0 saturated carbocycles. The van der Waals surface area contributed by atoms with Crippen molar-refractivity contribution in [3.63, 3.8) is 0 Å². The molecule has 3 heteroatoms. The van der Waals surface area contributed by atoms with Crippen LogP contribution in [0.4, 0.5) is 0 Å². The largest absolute Gasteiger partial charge is 0.315 e. The zero-order valence-electron chi connectivity index (χ0n) is 10.6. The Morgan fingerprint density at radius 3 is 2.80 bits per heavy atom. The summed E-state index contributed by atoms with van der Waals surface area (Å²) in [4.78, 5) is 2.41. The molecule has 0 spiro atoms. The van der Waals surface area contributed by atoms with E-state index in [-0.39, 0.29) is 0 Å². The fraction of sp³-hybridized carbons (Fsp3) is 1.00. The molecule has 0 aromatic rings. The third kappa shape index (κ3) is 5.50. The summed E-state index contributed by atoms with van der Waals surface area (Å²) in [6, 6.07) is 1.41. The summed E-state index contributed by atoms with van der Waals surface area (Å²) in [5.41, 5.74) is 0. The summed E-state index contributed by atoms with van der Waals surface area (Å²) in [6.07, 6.45) is 3.90. The maximum absolute atomic E-state index is 3.60. The molecule has 0 amide bonds. The van der Waals surface area contributed by atoms with E-state index in [1.807, 2.05) is 0 Å². The van der Waals surface area contributed by atoms with Crippen molar-refractivity contribution in [2.75, 3.05) is 33.2 Å². The highest BCUT2D eigenvalue weighted by molar-refractivity contribution is 4.76. The van der Waals surface area contributed by atoms with Crippen LogP contribution in [0.25, 0.3) is 0 Å². The number of unbranched alkanes of at least 4 members (excludes halogenated alkanes) is 1. The molecule has 1 aliphatic heterocycles. The molecule has 1 atom stereocenters. The Labute approximate surface area is 94.6 Å². The van der Waals surface area contributed by atoms with Gasteiger partial charge in [0.25, 0.3) is 0 Å². The Bertz CT molecular complexity index is 149. The minimum atomic E-state index is 0.678. The topological polar surface area (TPSA) is 27.3 Å². The van der Waals surface area contributed by atoms with Crippen molar-refractivity contribution in [3.8, 4) is 0 Å². The summed E-state index contributed by atoms with van der Waals surface area (Å²) >= 11 is 0. The molecule has 0 radical (unpaired) electrons. The molecule has 3 nitrogen and oxygen atoms in total. The predicted molar refractivity (Wildman–Crippen MR) is 66.3 cm³/mol. The van der Waals surface area contributed by atoms with Crippen molar-refractivity contribution >= 4 is 0 Å². The van der Waals surface area contributed by atoms with Gasteiger partial charge in [-0.1, -0.05) is 0 Å². The molecule has 0 aromatic heterocycles. The number of hydrogen-bond donors (Lipinski definition) is 2. The molecule has 1 fully saturated rings. The Balaban J connectivity index is 1.88. The fourth-order valence-electron chi connectivity index (χ4n) is 1.88. The van der Waals surface area contributed by atoms with Crippen molar-refractivity contribution in [1.29, 1.82) is 0 Å². The number of nitrogens with zero attached hydrogens (tertiary/aromatic N) is 1. The number of hydrogen-bond acceptors (Lipinski definition) is 3. The average Bonchev–Trinajstić information content (AvgIpc) is 2.69. The molecule has 0 bridgehead atoms. The zero-order valence-corrected chi connectivity index (χ0v) is 10.6. The molecule has 2 N–H and O–H groups in total. The predicted octanol–water partition coefficient (Wildman–Crippen LogP) is 1.06. The lowest BCUT2D eigenvalue weighted by atomic mass is 10.2. The highest BCUT2D eigenvalue weighted by atomic mass is 15.1. The van der Waals surface area contributed by atoms with Crippen molar-refractivity contribution < 1.29 is 0 Å². The van der Waals surface area contributed by atoms with E-state index < -0.39 is 0 Å². The van der Waals surface area contributed by atoms with Crippen molar-refractivity contribution in [1.82, 2.24) is 15.5 Å². The van der Waals surface area contributed by atoms with Crippen LogP contribution in [0.1, 0.15) is 33.1 Å². The normalized spacial score (nSPS) is 21.8. The van der Waals surface area contributed by atoms with Gasteiger partial charge in [-0.15, -0.1) is 0 Å². The first-order valence-corrected chi connectivity index (χ1v) is 6.34. The second-order valence-electron chi connectivity index (χ2n) is 4.93. The monoisotopic (exact) mass is 213 g/mol. The molecule has 1 unspecified atom stereocenters. The zero-order chi connectivity index (χ0) is 11.1. The number of nitrogens with one attached hydrogen (secondary N) is 2. The smallest absolute Gasteiger partial charge is 0.0204 e. The van der Waals surface area contributed by atoms with Crippen LogP contribution in [0.3, 0.4) is 0 Å². The second-order valence-corrected chi connectivity index (χ2v) is 4.93. The Morgan fingerprint density at radius 1 is 1.40 bits per heavy atom. The standard InChI is InChI=1S/C12H27N3/c1-11(2)15(3)9-5-4-7-14-12-6-8-13-10-12/h11-14H,4-10H2,1-3H3. The van der Waals surface area contributed by atoms with Crippen LogP contribution in [-0.2, 0) is 0 Å². The van der Waals surface area contributed by atoms with E-state index >= 15 is 0 Å². The first-order chi connectivity index (χ1) is 7.20. The summed E-state index contributed by atoms with van der Waals surface area (Å²) in [5.74, 6) is 0. The van der Waals surface area contributed by atoms with Gasteiger partial charge in [-0.3, -0.25) is 0 Å². The van der Waals surface area contributed by atoms with E-state index in [4.69, 9.17) is 0 Å². The highest BCUT2D eigenvalue weighted by Crippen LogP contribution is 1.99. The van der Waals surface area contributed by atoms with Crippen LogP contribution >= 0.6 is 0 Å². The van der Waals surface area contributed by atoms with Gasteiger partial charge in [-0.2, -0.15) is 0 Å². The molecule has 0 aromatic carbocycles. The molecular weight excluding hydrogens is 186 g/mol. The first kappa shape index (κ1) is 12.9. The molecule has 1 rings (SSSR count). The third-order valence-corrected chi connectivity index (χ3v) is 3.31. The van der Waals surface area contributed by atoms with Crippen LogP contribution in [0.15, 0.2) is 0 Å². The van der Waals surface area contributed by atoms with Gasteiger partial charge < -0.3 is 15.5 Å². The van der Waals surface area contributed by atoms with Gasteiger partial charge in [0.2, 0.25) is 0 Å². The Kier molecular flexibility index (Phi) is 6.22. The van der Waals surface area contributed by atoms with Crippen molar-refractivity contribution in [3.05, 3.63) is 0 Å². The fourth-order valence-corrected chi connectivity index (χ4v) is 1.88. The van der Waals surface area contributed by atoms with Crippen LogP contribution in [0.2, 0.25) is 0 Å².